The molecule has 1 aliphatic rings. The Bertz CT molecular complexity index is 1110. The number of hydrogen-bond acceptors (Lipinski definition) is 5. The minimum absolute atomic E-state index is 0.0852. The Labute approximate surface area is 232 Å². The number of benzene rings is 2. The maximum Gasteiger partial charge on any atom is 0.406 e. The van der Waals surface area contributed by atoms with E-state index in [1.165, 1.54) is 13.1 Å². The van der Waals surface area contributed by atoms with E-state index in [0.717, 1.165) is 36.9 Å². The zero-order chi connectivity index (χ0) is 28.4. The molecule has 39 heavy (non-hydrogen) atoms. The van der Waals surface area contributed by atoms with Crippen molar-refractivity contribution >= 4 is 12.0 Å². The van der Waals surface area contributed by atoms with Crippen LogP contribution in [0.25, 0.3) is 11.1 Å². The standard InChI is InChI=1S/C31H44FN3O4/c1-5-23-11-6-12-24(21-23)29-26(14-7-15-27(29)32)31(38,17-10-20-39-30(37)33-2)25-13-8-19-35(22-25)28(36)16-9-18-34(3)4/h6-7,11-12,14-15,21,25,38H,5,8-10,13,16-20,22H2,1-4H3,(H,33,37). The van der Waals surface area contributed by atoms with Gasteiger partial charge in [-0.25, -0.2) is 9.18 Å². The van der Waals surface area contributed by atoms with E-state index < -0.39 is 17.5 Å². The first-order valence-electron chi connectivity index (χ1n) is 14.1. The lowest BCUT2D eigenvalue weighted by Crippen LogP contribution is -2.48. The predicted molar refractivity (Wildman–Crippen MR) is 152 cm³/mol. The largest absolute Gasteiger partial charge is 0.450 e. The van der Waals surface area contributed by atoms with Crippen LogP contribution in [0.15, 0.2) is 42.5 Å². The highest BCUT2D eigenvalue weighted by Crippen LogP contribution is 2.44. The van der Waals surface area contributed by atoms with Crippen molar-refractivity contribution in [2.24, 2.45) is 5.92 Å². The Morgan fingerprint density at radius 2 is 1.97 bits per heavy atom. The third kappa shape index (κ3) is 8.02. The smallest absolute Gasteiger partial charge is 0.406 e. The fraction of sp³-hybridized carbons (Fsp3) is 0.548. The molecule has 0 saturated carbocycles. The molecule has 3 rings (SSSR count). The van der Waals surface area contributed by atoms with Crippen molar-refractivity contribution in [1.29, 1.82) is 0 Å². The topological polar surface area (TPSA) is 82.1 Å². The number of amides is 2. The number of hydrogen-bond donors (Lipinski definition) is 2. The lowest BCUT2D eigenvalue weighted by atomic mass is 9.72. The number of nitrogens with one attached hydrogen (secondary N) is 1. The summed E-state index contributed by atoms with van der Waals surface area (Å²) in [5.74, 6) is -0.603. The lowest BCUT2D eigenvalue weighted by Gasteiger charge is -2.43. The van der Waals surface area contributed by atoms with E-state index in [1.807, 2.05) is 43.3 Å². The van der Waals surface area contributed by atoms with Gasteiger partial charge in [0.2, 0.25) is 5.91 Å². The van der Waals surface area contributed by atoms with Gasteiger partial charge >= 0.3 is 6.09 Å². The Morgan fingerprint density at radius 1 is 1.21 bits per heavy atom. The van der Waals surface area contributed by atoms with E-state index in [2.05, 4.69) is 17.1 Å². The van der Waals surface area contributed by atoms with Crippen LogP contribution in [-0.2, 0) is 21.6 Å². The summed E-state index contributed by atoms with van der Waals surface area (Å²) >= 11 is 0. The second-order valence-corrected chi connectivity index (χ2v) is 10.7. The van der Waals surface area contributed by atoms with Crippen molar-refractivity contribution in [1.82, 2.24) is 15.1 Å². The molecule has 0 aliphatic carbocycles. The molecule has 0 aromatic heterocycles. The van der Waals surface area contributed by atoms with Crippen LogP contribution in [0.5, 0.6) is 0 Å². The van der Waals surface area contributed by atoms with Crippen molar-refractivity contribution in [2.75, 3.05) is 47.4 Å². The highest BCUT2D eigenvalue weighted by molar-refractivity contribution is 5.76. The number of alkyl carbamates (subject to hydrolysis) is 1. The van der Waals surface area contributed by atoms with Crippen LogP contribution in [0.1, 0.15) is 56.6 Å². The SMILES string of the molecule is CCc1cccc(-c2c(F)cccc2C(O)(CCCOC(=O)NC)C2CCCN(C(=O)CCCN(C)C)C2)c1. The molecule has 2 aromatic rings. The molecule has 214 valence electrons. The van der Waals surface area contributed by atoms with Crippen LogP contribution >= 0.6 is 0 Å². The summed E-state index contributed by atoms with van der Waals surface area (Å²) in [6.07, 6.45) is 3.63. The normalized spacial score (nSPS) is 17.1. The summed E-state index contributed by atoms with van der Waals surface area (Å²) in [5.41, 5.74) is 1.28. The number of halogens is 1. The summed E-state index contributed by atoms with van der Waals surface area (Å²) < 4.78 is 20.8. The lowest BCUT2D eigenvalue weighted by molar-refractivity contribution is -0.137. The number of aryl methyl sites for hydroxylation is 1. The van der Waals surface area contributed by atoms with Crippen LogP contribution in [0.3, 0.4) is 0 Å². The highest BCUT2D eigenvalue weighted by atomic mass is 19.1. The molecule has 2 atom stereocenters. The van der Waals surface area contributed by atoms with Gasteiger partial charge in [-0.2, -0.15) is 0 Å². The molecule has 0 spiro atoms. The number of carbonyl (C=O) groups is 2. The molecule has 1 fully saturated rings. The van der Waals surface area contributed by atoms with Gasteiger partial charge in [0, 0.05) is 38.0 Å². The Morgan fingerprint density at radius 3 is 2.69 bits per heavy atom. The molecule has 1 heterocycles. The molecule has 2 amide bonds. The Balaban J connectivity index is 1.96. The quantitative estimate of drug-likeness (QED) is 0.371. The summed E-state index contributed by atoms with van der Waals surface area (Å²) in [7, 11) is 5.47. The van der Waals surface area contributed by atoms with Gasteiger partial charge < -0.3 is 25.0 Å². The van der Waals surface area contributed by atoms with Crippen molar-refractivity contribution in [3.63, 3.8) is 0 Å². The van der Waals surface area contributed by atoms with Gasteiger partial charge in [0.25, 0.3) is 0 Å². The molecule has 0 radical (unpaired) electrons. The van der Waals surface area contributed by atoms with Gasteiger partial charge in [0.05, 0.1) is 12.2 Å². The van der Waals surface area contributed by atoms with Gasteiger partial charge in [0.1, 0.15) is 5.82 Å². The highest BCUT2D eigenvalue weighted by Gasteiger charge is 2.43. The molecule has 1 aliphatic heterocycles. The minimum Gasteiger partial charge on any atom is -0.450 e. The fourth-order valence-corrected chi connectivity index (χ4v) is 5.56. The van der Waals surface area contributed by atoms with Gasteiger partial charge in [-0.3, -0.25) is 4.79 Å². The number of piperidine rings is 1. The van der Waals surface area contributed by atoms with Crippen LogP contribution in [0.4, 0.5) is 9.18 Å². The second-order valence-electron chi connectivity index (χ2n) is 10.7. The maximum atomic E-state index is 15.6. The Hall–Kier alpha value is -2.97. The summed E-state index contributed by atoms with van der Waals surface area (Å²) in [5, 5.41) is 14.9. The third-order valence-corrected chi connectivity index (χ3v) is 7.69. The molecular weight excluding hydrogens is 497 g/mol. The molecule has 2 aromatic carbocycles. The van der Waals surface area contributed by atoms with Gasteiger partial charge in [-0.05, 0) is 81.9 Å². The number of carbonyl (C=O) groups excluding carboxylic acids is 2. The third-order valence-electron chi connectivity index (χ3n) is 7.69. The van der Waals surface area contributed by atoms with Crippen LogP contribution < -0.4 is 5.32 Å². The van der Waals surface area contributed by atoms with E-state index >= 15 is 4.39 Å². The zero-order valence-corrected chi connectivity index (χ0v) is 23.8. The van der Waals surface area contributed by atoms with E-state index in [1.54, 1.807) is 12.1 Å². The number of aliphatic hydroxyl groups is 1. The van der Waals surface area contributed by atoms with Gasteiger partial charge in [-0.1, -0.05) is 43.3 Å². The summed E-state index contributed by atoms with van der Waals surface area (Å²) in [6.45, 7) is 4.07. The van der Waals surface area contributed by atoms with Crippen molar-refractivity contribution < 1.29 is 23.8 Å². The zero-order valence-electron chi connectivity index (χ0n) is 23.8. The number of rotatable bonds is 12. The van der Waals surface area contributed by atoms with Crippen molar-refractivity contribution in [3.8, 4) is 11.1 Å². The number of ether oxygens (including phenoxy) is 1. The molecule has 0 bridgehead atoms. The fourth-order valence-electron chi connectivity index (χ4n) is 5.56. The van der Waals surface area contributed by atoms with Crippen LogP contribution in [-0.4, -0.2) is 74.3 Å². The number of nitrogens with zero attached hydrogens (tertiary/aromatic N) is 2. The average Bonchev–Trinajstić information content (AvgIpc) is 2.94. The molecule has 2 unspecified atom stereocenters. The second kappa shape index (κ2) is 14.4. The van der Waals surface area contributed by atoms with Crippen molar-refractivity contribution in [3.05, 3.63) is 59.4 Å². The van der Waals surface area contributed by atoms with Gasteiger partial charge in [-0.15, -0.1) is 0 Å². The average molecular weight is 542 g/mol. The van der Waals surface area contributed by atoms with Crippen molar-refractivity contribution in [2.45, 2.75) is 57.5 Å². The first-order valence-corrected chi connectivity index (χ1v) is 14.1. The summed E-state index contributed by atoms with van der Waals surface area (Å²) in [4.78, 5) is 28.6. The first kappa shape index (κ1) is 30.6. The number of likely N-dealkylation sites (tertiary alicyclic amines) is 1. The summed E-state index contributed by atoms with van der Waals surface area (Å²) in [6, 6.07) is 12.6. The maximum absolute atomic E-state index is 15.6. The molecular formula is C31H44FN3O4. The molecule has 1 saturated heterocycles. The minimum atomic E-state index is -1.42. The van der Waals surface area contributed by atoms with E-state index in [-0.39, 0.29) is 24.9 Å². The molecule has 8 heteroatoms. The predicted octanol–water partition coefficient (Wildman–Crippen LogP) is 4.96. The van der Waals surface area contributed by atoms with E-state index in [0.29, 0.717) is 43.5 Å². The first-order chi connectivity index (χ1) is 18.7. The van der Waals surface area contributed by atoms with Crippen LogP contribution in [0, 0.1) is 11.7 Å². The van der Waals surface area contributed by atoms with E-state index in [9.17, 15) is 14.7 Å². The molecule has 2 N–H and O–H groups in total. The van der Waals surface area contributed by atoms with Gasteiger partial charge in [0.15, 0.2) is 0 Å². The Kier molecular flexibility index (Phi) is 11.3. The monoisotopic (exact) mass is 541 g/mol. The van der Waals surface area contributed by atoms with E-state index in [4.69, 9.17) is 4.74 Å². The molecule has 7 nitrogen and oxygen atoms in total. The van der Waals surface area contributed by atoms with Crippen LogP contribution in [0.2, 0.25) is 0 Å².